The van der Waals surface area contributed by atoms with Crippen LogP contribution in [0.25, 0.3) is 10.2 Å². The minimum absolute atomic E-state index is 0.420. The molecular weight excluding hydrogens is 258 g/mol. The minimum Gasteiger partial charge on any atom is -0.366 e. The van der Waals surface area contributed by atoms with Gasteiger partial charge in [-0.2, -0.15) is 5.10 Å². The number of hydrogen-bond acceptors (Lipinski definition) is 5. The molecule has 1 aliphatic rings. The van der Waals surface area contributed by atoms with Crippen molar-refractivity contribution in [1.29, 1.82) is 0 Å². The van der Waals surface area contributed by atoms with Crippen molar-refractivity contribution >= 4 is 27.4 Å². The minimum atomic E-state index is 0.420. The molecule has 1 atom stereocenters. The highest BCUT2D eigenvalue weighted by Crippen LogP contribution is 2.27. The summed E-state index contributed by atoms with van der Waals surface area (Å²) in [7, 11) is 0. The zero-order chi connectivity index (χ0) is 12.7. The number of aromatic nitrogens is 4. The van der Waals surface area contributed by atoms with Gasteiger partial charge in [0.1, 0.15) is 17.0 Å². The Bertz CT molecular complexity index is 716. The average Bonchev–Trinajstić information content (AvgIpc) is 3.06. The van der Waals surface area contributed by atoms with Crippen molar-refractivity contribution in [2.24, 2.45) is 0 Å². The molecule has 0 saturated heterocycles. The Balaban J connectivity index is 1.61. The molecule has 96 valence electrons. The number of thiophene rings is 1. The van der Waals surface area contributed by atoms with E-state index in [1.807, 2.05) is 6.20 Å². The smallest absolute Gasteiger partial charge is 0.138 e. The first-order chi connectivity index (χ1) is 9.40. The Hall–Kier alpha value is -1.95. The highest BCUT2D eigenvalue weighted by Gasteiger charge is 2.20. The first kappa shape index (κ1) is 10.9. The van der Waals surface area contributed by atoms with Crippen LogP contribution in [0.3, 0.4) is 0 Å². The third-order valence-corrected chi connectivity index (χ3v) is 4.44. The fourth-order valence-corrected chi connectivity index (χ4v) is 3.37. The maximum atomic E-state index is 4.38. The van der Waals surface area contributed by atoms with Crippen molar-refractivity contribution in [2.75, 3.05) is 5.32 Å². The van der Waals surface area contributed by atoms with Crippen molar-refractivity contribution in [3.05, 3.63) is 35.2 Å². The van der Waals surface area contributed by atoms with Gasteiger partial charge in [-0.25, -0.2) is 9.97 Å². The highest BCUT2D eigenvalue weighted by molar-refractivity contribution is 7.16. The molecule has 3 aromatic rings. The maximum Gasteiger partial charge on any atom is 0.138 e. The molecule has 0 aliphatic heterocycles. The lowest BCUT2D eigenvalue weighted by Crippen LogP contribution is -2.27. The summed E-state index contributed by atoms with van der Waals surface area (Å²) in [6.45, 7) is 0. The van der Waals surface area contributed by atoms with Gasteiger partial charge >= 0.3 is 0 Å². The predicted octanol–water partition coefficient (Wildman–Crippen LogP) is 2.38. The van der Waals surface area contributed by atoms with E-state index in [0.717, 1.165) is 35.3 Å². The van der Waals surface area contributed by atoms with E-state index in [1.54, 1.807) is 17.7 Å². The quantitative estimate of drug-likeness (QED) is 0.751. The number of anilines is 1. The number of H-pyrrole nitrogens is 1. The van der Waals surface area contributed by atoms with Gasteiger partial charge in [-0.3, -0.25) is 5.10 Å². The van der Waals surface area contributed by atoms with Crippen molar-refractivity contribution in [3.8, 4) is 0 Å². The number of aryl methyl sites for hydroxylation is 1. The molecule has 3 aromatic heterocycles. The summed E-state index contributed by atoms with van der Waals surface area (Å²) in [5.41, 5.74) is 2.60. The molecule has 0 amide bonds. The van der Waals surface area contributed by atoms with E-state index < -0.39 is 0 Å². The van der Waals surface area contributed by atoms with Crippen LogP contribution in [0.2, 0.25) is 0 Å². The third kappa shape index (κ3) is 1.88. The van der Waals surface area contributed by atoms with E-state index in [-0.39, 0.29) is 0 Å². The summed E-state index contributed by atoms with van der Waals surface area (Å²) >= 11 is 1.65. The van der Waals surface area contributed by atoms with Gasteiger partial charge in [0.2, 0.25) is 0 Å². The fraction of sp³-hybridized carbons (Fsp3) is 0.308. The van der Waals surface area contributed by atoms with E-state index in [1.165, 1.54) is 11.3 Å². The lowest BCUT2D eigenvalue weighted by atomic mass is 9.93. The monoisotopic (exact) mass is 271 g/mol. The Morgan fingerprint density at radius 2 is 2.37 bits per heavy atom. The molecule has 1 aliphatic carbocycles. The van der Waals surface area contributed by atoms with Crippen LogP contribution in [0.5, 0.6) is 0 Å². The molecule has 0 aromatic carbocycles. The van der Waals surface area contributed by atoms with Gasteiger partial charge in [0.25, 0.3) is 0 Å². The number of nitrogens with one attached hydrogen (secondary N) is 2. The molecule has 0 radical (unpaired) electrons. The molecule has 0 fully saturated rings. The second-order valence-electron chi connectivity index (χ2n) is 4.82. The number of rotatable bonds is 2. The first-order valence-corrected chi connectivity index (χ1v) is 7.24. The van der Waals surface area contributed by atoms with Crippen LogP contribution in [0.1, 0.15) is 17.7 Å². The zero-order valence-electron chi connectivity index (χ0n) is 10.3. The lowest BCUT2D eigenvalue weighted by Gasteiger charge is -2.23. The summed E-state index contributed by atoms with van der Waals surface area (Å²) in [5, 5.41) is 13.9. The van der Waals surface area contributed by atoms with Crippen molar-refractivity contribution in [2.45, 2.75) is 25.3 Å². The molecule has 19 heavy (non-hydrogen) atoms. The largest absolute Gasteiger partial charge is 0.366 e. The van der Waals surface area contributed by atoms with E-state index in [9.17, 15) is 0 Å². The van der Waals surface area contributed by atoms with Gasteiger partial charge in [-0.05, 0) is 36.3 Å². The normalized spacial score (nSPS) is 18.4. The Morgan fingerprint density at radius 1 is 1.37 bits per heavy atom. The molecule has 2 N–H and O–H groups in total. The topological polar surface area (TPSA) is 66.5 Å². The number of fused-ring (bicyclic) bond motifs is 2. The molecule has 1 unspecified atom stereocenters. The van der Waals surface area contributed by atoms with Crippen LogP contribution in [0.4, 0.5) is 5.82 Å². The van der Waals surface area contributed by atoms with Crippen molar-refractivity contribution in [1.82, 2.24) is 20.2 Å². The van der Waals surface area contributed by atoms with Gasteiger partial charge in [-0.15, -0.1) is 11.3 Å². The SMILES string of the molecule is c1nc(NC2CCc3[nH]ncc3C2)c2ccsc2n1. The van der Waals surface area contributed by atoms with E-state index in [4.69, 9.17) is 0 Å². The van der Waals surface area contributed by atoms with Gasteiger partial charge in [0, 0.05) is 11.7 Å². The first-order valence-electron chi connectivity index (χ1n) is 6.36. The maximum absolute atomic E-state index is 4.38. The number of aromatic amines is 1. The van der Waals surface area contributed by atoms with Crippen molar-refractivity contribution in [3.63, 3.8) is 0 Å². The summed E-state index contributed by atoms with van der Waals surface area (Å²) in [5.74, 6) is 0.947. The van der Waals surface area contributed by atoms with Gasteiger partial charge in [-0.1, -0.05) is 0 Å². The predicted molar refractivity (Wildman–Crippen MR) is 75.4 cm³/mol. The van der Waals surface area contributed by atoms with Crippen LogP contribution in [-0.2, 0) is 12.8 Å². The molecule has 0 saturated carbocycles. The third-order valence-electron chi connectivity index (χ3n) is 3.62. The molecule has 4 rings (SSSR count). The molecule has 6 heteroatoms. The van der Waals surface area contributed by atoms with Gasteiger partial charge in [0.15, 0.2) is 0 Å². The van der Waals surface area contributed by atoms with Crippen LogP contribution in [0.15, 0.2) is 24.0 Å². The Kier molecular flexibility index (Phi) is 2.48. The summed E-state index contributed by atoms with van der Waals surface area (Å²) in [6.07, 6.45) is 6.72. The van der Waals surface area contributed by atoms with E-state index >= 15 is 0 Å². The van der Waals surface area contributed by atoms with Crippen LogP contribution in [-0.4, -0.2) is 26.2 Å². The van der Waals surface area contributed by atoms with Gasteiger partial charge in [0.05, 0.1) is 11.6 Å². The summed E-state index contributed by atoms with van der Waals surface area (Å²) < 4.78 is 0. The van der Waals surface area contributed by atoms with Crippen molar-refractivity contribution < 1.29 is 0 Å². The standard InChI is InChI=1S/C13H13N5S/c1-2-11-8(6-16-18-11)5-9(1)17-12-10-3-4-19-13(10)15-7-14-12/h3-4,6-7,9H,1-2,5H2,(H,16,18)(H,14,15,17). The molecule has 3 heterocycles. The Labute approximate surface area is 114 Å². The summed E-state index contributed by atoms with van der Waals surface area (Å²) in [4.78, 5) is 9.69. The van der Waals surface area contributed by atoms with E-state index in [0.29, 0.717) is 6.04 Å². The fourth-order valence-electron chi connectivity index (χ4n) is 2.64. The molecular formula is C13H13N5S. The highest BCUT2D eigenvalue weighted by atomic mass is 32.1. The number of hydrogen-bond donors (Lipinski definition) is 2. The van der Waals surface area contributed by atoms with Crippen LogP contribution in [0, 0.1) is 0 Å². The average molecular weight is 271 g/mol. The number of nitrogens with zero attached hydrogens (tertiary/aromatic N) is 3. The second kappa shape index (κ2) is 4.31. The van der Waals surface area contributed by atoms with Gasteiger partial charge < -0.3 is 5.32 Å². The van der Waals surface area contributed by atoms with Crippen LogP contribution >= 0.6 is 11.3 Å². The lowest BCUT2D eigenvalue weighted by molar-refractivity contribution is 0.603. The summed E-state index contributed by atoms with van der Waals surface area (Å²) in [6, 6.07) is 2.50. The Morgan fingerprint density at radius 3 is 3.37 bits per heavy atom. The van der Waals surface area contributed by atoms with Crippen LogP contribution < -0.4 is 5.32 Å². The molecule has 0 spiro atoms. The molecule has 5 nitrogen and oxygen atoms in total. The second-order valence-corrected chi connectivity index (χ2v) is 5.71. The zero-order valence-corrected chi connectivity index (χ0v) is 11.1. The van der Waals surface area contributed by atoms with E-state index in [2.05, 4.69) is 36.9 Å². The molecule has 0 bridgehead atoms.